The molecule has 0 radical (unpaired) electrons. The monoisotopic (exact) mass is 355 g/mol. The molecule has 1 aliphatic rings. The first-order valence-electron chi connectivity index (χ1n) is 6.38. The highest BCUT2D eigenvalue weighted by molar-refractivity contribution is 9.10. The van der Waals surface area contributed by atoms with Gasteiger partial charge in [0.1, 0.15) is 0 Å². The maximum atomic E-state index is 12.0. The predicted octanol–water partition coefficient (Wildman–Crippen LogP) is 1.90. The van der Waals surface area contributed by atoms with E-state index in [1.165, 1.54) is 4.90 Å². The summed E-state index contributed by atoms with van der Waals surface area (Å²) in [7, 11) is 0. The van der Waals surface area contributed by atoms with E-state index in [0.717, 1.165) is 4.47 Å². The minimum absolute atomic E-state index is 0.0403. The molecule has 1 aromatic carbocycles. The van der Waals surface area contributed by atoms with Crippen molar-refractivity contribution in [3.63, 3.8) is 0 Å². The molecular weight excluding hydrogens is 342 g/mol. The molecule has 0 aliphatic carbocycles. The van der Waals surface area contributed by atoms with Gasteiger partial charge in [0.25, 0.3) is 0 Å². The quantitative estimate of drug-likeness (QED) is 0.840. The topological polar surface area (TPSA) is 94.9 Å². The second kappa shape index (κ2) is 6.26. The van der Waals surface area contributed by atoms with Crippen molar-refractivity contribution in [2.75, 3.05) is 6.54 Å². The Morgan fingerprint density at radius 3 is 2.62 bits per heavy atom. The normalized spacial score (nSPS) is 19.6. The molecular formula is C14H14BrNO5. The standard InChI is InChI=1S/C14H14BrNO5/c15-10-3-1-2-8(4-10)11(6-13(18)19)16-7-9(14(20)21)5-12(16)17/h1-4,9,11H,5-7H2,(H,18,19)(H,20,21). The average Bonchev–Trinajstić information content (AvgIpc) is 2.78. The van der Waals surface area contributed by atoms with Gasteiger partial charge in [-0.15, -0.1) is 0 Å². The highest BCUT2D eigenvalue weighted by Gasteiger charge is 2.39. The summed E-state index contributed by atoms with van der Waals surface area (Å²) in [6, 6.07) is 6.38. The van der Waals surface area contributed by atoms with Gasteiger partial charge >= 0.3 is 11.9 Å². The van der Waals surface area contributed by atoms with Crippen LogP contribution in [0.4, 0.5) is 0 Å². The summed E-state index contributed by atoms with van der Waals surface area (Å²) in [6.07, 6.45) is -0.339. The first-order chi connectivity index (χ1) is 9.88. The Kier molecular flexibility index (Phi) is 4.62. The van der Waals surface area contributed by atoms with E-state index in [0.29, 0.717) is 5.56 Å². The van der Waals surface area contributed by atoms with Crippen LogP contribution in [0.5, 0.6) is 0 Å². The first-order valence-corrected chi connectivity index (χ1v) is 7.17. The van der Waals surface area contributed by atoms with Gasteiger partial charge in [0.05, 0.1) is 18.4 Å². The summed E-state index contributed by atoms with van der Waals surface area (Å²) in [4.78, 5) is 35.5. The van der Waals surface area contributed by atoms with Crippen LogP contribution in [-0.4, -0.2) is 39.5 Å². The summed E-state index contributed by atoms with van der Waals surface area (Å²) in [5, 5.41) is 18.1. The second-order valence-corrected chi connectivity index (χ2v) is 5.87. The number of amides is 1. The van der Waals surface area contributed by atoms with Crippen LogP contribution in [0.25, 0.3) is 0 Å². The Balaban J connectivity index is 2.30. The van der Waals surface area contributed by atoms with E-state index in [-0.39, 0.29) is 25.3 Å². The van der Waals surface area contributed by atoms with Crippen LogP contribution >= 0.6 is 15.9 Å². The van der Waals surface area contributed by atoms with Gasteiger partial charge in [0.2, 0.25) is 5.91 Å². The van der Waals surface area contributed by atoms with Gasteiger partial charge in [0.15, 0.2) is 0 Å². The van der Waals surface area contributed by atoms with Crippen LogP contribution in [-0.2, 0) is 14.4 Å². The Bertz CT molecular complexity index is 588. The van der Waals surface area contributed by atoms with E-state index in [9.17, 15) is 14.4 Å². The fourth-order valence-corrected chi connectivity index (χ4v) is 2.90. The molecule has 1 amide bonds. The summed E-state index contributed by atoms with van der Waals surface area (Å²) in [5.74, 6) is -3.17. The molecule has 2 unspecified atom stereocenters. The van der Waals surface area contributed by atoms with E-state index >= 15 is 0 Å². The van der Waals surface area contributed by atoms with E-state index in [2.05, 4.69) is 15.9 Å². The van der Waals surface area contributed by atoms with Crippen LogP contribution in [0.15, 0.2) is 28.7 Å². The smallest absolute Gasteiger partial charge is 0.308 e. The van der Waals surface area contributed by atoms with E-state index < -0.39 is 23.9 Å². The van der Waals surface area contributed by atoms with Crippen molar-refractivity contribution in [1.29, 1.82) is 0 Å². The molecule has 1 fully saturated rings. The Morgan fingerprint density at radius 1 is 1.38 bits per heavy atom. The highest BCUT2D eigenvalue weighted by atomic mass is 79.9. The number of carboxylic acids is 2. The van der Waals surface area contributed by atoms with E-state index in [4.69, 9.17) is 10.2 Å². The molecule has 2 atom stereocenters. The fourth-order valence-electron chi connectivity index (χ4n) is 2.49. The number of halogens is 1. The van der Waals surface area contributed by atoms with Crippen LogP contribution in [0.1, 0.15) is 24.4 Å². The molecule has 2 rings (SSSR count). The van der Waals surface area contributed by atoms with Crippen molar-refractivity contribution in [3.8, 4) is 0 Å². The molecule has 0 bridgehead atoms. The number of nitrogens with zero attached hydrogens (tertiary/aromatic N) is 1. The fraction of sp³-hybridized carbons (Fsp3) is 0.357. The van der Waals surface area contributed by atoms with Crippen LogP contribution in [0.2, 0.25) is 0 Å². The van der Waals surface area contributed by atoms with Gasteiger partial charge in [-0.2, -0.15) is 0 Å². The SMILES string of the molecule is O=C(O)CC(c1cccc(Br)c1)N1CC(C(=O)O)CC1=O. The highest BCUT2D eigenvalue weighted by Crippen LogP contribution is 2.32. The number of benzene rings is 1. The maximum absolute atomic E-state index is 12.0. The predicted molar refractivity (Wildman–Crippen MR) is 76.6 cm³/mol. The molecule has 1 heterocycles. The third kappa shape index (κ3) is 3.60. The second-order valence-electron chi connectivity index (χ2n) is 4.95. The van der Waals surface area contributed by atoms with E-state index in [1.54, 1.807) is 24.3 Å². The zero-order valence-electron chi connectivity index (χ0n) is 11.0. The Morgan fingerprint density at radius 2 is 2.10 bits per heavy atom. The van der Waals surface area contributed by atoms with Gasteiger partial charge in [-0.1, -0.05) is 28.1 Å². The molecule has 1 aromatic rings. The van der Waals surface area contributed by atoms with Crippen LogP contribution in [0.3, 0.4) is 0 Å². The first kappa shape index (κ1) is 15.5. The van der Waals surface area contributed by atoms with Crippen molar-refractivity contribution in [3.05, 3.63) is 34.3 Å². The van der Waals surface area contributed by atoms with Crippen LogP contribution < -0.4 is 0 Å². The molecule has 0 saturated carbocycles. The lowest BCUT2D eigenvalue weighted by Gasteiger charge is -2.27. The van der Waals surface area contributed by atoms with Crippen LogP contribution in [0, 0.1) is 5.92 Å². The lowest BCUT2D eigenvalue weighted by atomic mass is 10.0. The lowest BCUT2D eigenvalue weighted by molar-refractivity contribution is -0.141. The molecule has 7 heteroatoms. The van der Waals surface area contributed by atoms with Gasteiger partial charge < -0.3 is 15.1 Å². The van der Waals surface area contributed by atoms with Crippen molar-refractivity contribution < 1.29 is 24.6 Å². The van der Waals surface area contributed by atoms with E-state index in [1.807, 2.05) is 0 Å². The Labute approximate surface area is 129 Å². The lowest BCUT2D eigenvalue weighted by Crippen LogP contribution is -2.32. The molecule has 1 saturated heterocycles. The number of hydrogen-bond acceptors (Lipinski definition) is 3. The zero-order chi connectivity index (χ0) is 15.6. The summed E-state index contributed by atoms with van der Waals surface area (Å²) in [5.41, 5.74) is 0.672. The molecule has 21 heavy (non-hydrogen) atoms. The summed E-state index contributed by atoms with van der Waals surface area (Å²) >= 11 is 3.31. The molecule has 0 spiro atoms. The maximum Gasteiger partial charge on any atom is 0.308 e. The molecule has 2 N–H and O–H groups in total. The number of rotatable bonds is 5. The number of likely N-dealkylation sites (tertiary alicyclic amines) is 1. The number of carbonyl (C=O) groups is 3. The van der Waals surface area contributed by atoms with Crippen molar-refractivity contribution in [1.82, 2.24) is 4.90 Å². The van der Waals surface area contributed by atoms with Crippen molar-refractivity contribution in [2.45, 2.75) is 18.9 Å². The molecule has 0 aromatic heterocycles. The van der Waals surface area contributed by atoms with Crippen molar-refractivity contribution in [2.24, 2.45) is 5.92 Å². The largest absolute Gasteiger partial charge is 0.481 e. The molecule has 112 valence electrons. The summed E-state index contributed by atoms with van der Waals surface area (Å²) < 4.78 is 0.775. The average molecular weight is 356 g/mol. The minimum Gasteiger partial charge on any atom is -0.481 e. The Hall–Kier alpha value is -1.89. The number of carboxylic acid groups (broad SMARTS) is 2. The summed E-state index contributed by atoms with van der Waals surface area (Å²) in [6.45, 7) is 0.0403. The van der Waals surface area contributed by atoms with Gasteiger partial charge in [-0.25, -0.2) is 0 Å². The number of aliphatic carboxylic acids is 2. The number of carbonyl (C=O) groups excluding carboxylic acids is 1. The molecule has 6 nitrogen and oxygen atoms in total. The van der Waals surface area contributed by atoms with Gasteiger partial charge in [-0.05, 0) is 17.7 Å². The van der Waals surface area contributed by atoms with Crippen molar-refractivity contribution >= 4 is 33.8 Å². The third-order valence-corrected chi connectivity index (χ3v) is 3.98. The minimum atomic E-state index is -1.04. The third-order valence-electron chi connectivity index (χ3n) is 3.49. The van der Waals surface area contributed by atoms with Gasteiger partial charge in [-0.3, -0.25) is 14.4 Å². The number of hydrogen-bond donors (Lipinski definition) is 2. The zero-order valence-corrected chi connectivity index (χ0v) is 12.6. The van der Waals surface area contributed by atoms with Gasteiger partial charge in [0, 0.05) is 17.4 Å². The molecule has 1 aliphatic heterocycles.